The summed E-state index contributed by atoms with van der Waals surface area (Å²) in [4.78, 5) is 16.6. The van der Waals surface area contributed by atoms with Crippen molar-refractivity contribution in [3.8, 4) is 17.1 Å². The van der Waals surface area contributed by atoms with E-state index in [4.69, 9.17) is 9.26 Å². The molecule has 3 heterocycles. The van der Waals surface area contributed by atoms with Gasteiger partial charge in [-0.05, 0) is 25.0 Å². The molecule has 2 N–H and O–H groups in total. The smallest absolute Gasteiger partial charge is 0.226 e. The largest absolute Gasteiger partial charge is 0.496 e. The maximum atomic E-state index is 12.2. The predicted molar refractivity (Wildman–Crippen MR) is 103 cm³/mol. The summed E-state index contributed by atoms with van der Waals surface area (Å²) in [6.45, 7) is 1.75. The van der Waals surface area contributed by atoms with Gasteiger partial charge in [-0.15, -0.1) is 0 Å². The minimum absolute atomic E-state index is 0.0624. The summed E-state index contributed by atoms with van der Waals surface area (Å²) in [7, 11) is 1.60. The van der Waals surface area contributed by atoms with E-state index in [1.54, 1.807) is 13.3 Å². The molecule has 4 rings (SSSR count). The van der Waals surface area contributed by atoms with Crippen LogP contribution in [0.25, 0.3) is 11.4 Å². The fourth-order valence-corrected chi connectivity index (χ4v) is 3.18. The van der Waals surface area contributed by atoms with Crippen molar-refractivity contribution in [2.45, 2.75) is 32.2 Å². The Morgan fingerprint density at radius 1 is 1.39 bits per heavy atom. The zero-order chi connectivity index (χ0) is 19.3. The fraction of sp³-hybridized carbons (Fsp3) is 0.368. The number of carbonyl (C=O) groups is 1. The molecule has 1 aliphatic rings. The molecule has 0 radical (unpaired) electrons. The van der Waals surface area contributed by atoms with Crippen molar-refractivity contribution in [1.29, 1.82) is 0 Å². The summed E-state index contributed by atoms with van der Waals surface area (Å²) in [5.74, 6) is 2.48. The van der Waals surface area contributed by atoms with Crippen LogP contribution >= 0.6 is 0 Å². The highest BCUT2D eigenvalue weighted by molar-refractivity contribution is 5.93. The number of para-hydroxylation sites is 1. The zero-order valence-electron chi connectivity index (χ0n) is 15.6. The first-order chi connectivity index (χ1) is 13.7. The van der Waals surface area contributed by atoms with E-state index in [-0.39, 0.29) is 5.91 Å². The highest BCUT2D eigenvalue weighted by atomic mass is 16.5. The third-order valence-electron chi connectivity index (χ3n) is 4.56. The van der Waals surface area contributed by atoms with Gasteiger partial charge in [-0.2, -0.15) is 10.1 Å². The topological polar surface area (TPSA) is 107 Å². The number of fused-ring (bicyclic) bond motifs is 1. The Labute approximate surface area is 162 Å². The van der Waals surface area contributed by atoms with Gasteiger partial charge in [-0.1, -0.05) is 17.3 Å². The van der Waals surface area contributed by atoms with Gasteiger partial charge < -0.3 is 19.9 Å². The van der Waals surface area contributed by atoms with Crippen molar-refractivity contribution in [3.63, 3.8) is 0 Å². The number of methoxy groups -OCH3 is 1. The molecule has 1 aromatic carbocycles. The summed E-state index contributed by atoms with van der Waals surface area (Å²) in [6.07, 6.45) is 4.21. The van der Waals surface area contributed by atoms with Gasteiger partial charge in [0, 0.05) is 25.9 Å². The number of ether oxygens (including phenoxy) is 1. The third kappa shape index (κ3) is 3.83. The van der Waals surface area contributed by atoms with Crippen LogP contribution in [0.15, 0.2) is 35.0 Å². The molecule has 0 saturated carbocycles. The number of aryl methyl sites for hydroxylation is 2. The van der Waals surface area contributed by atoms with E-state index >= 15 is 0 Å². The maximum absolute atomic E-state index is 12.2. The lowest BCUT2D eigenvalue weighted by Crippen LogP contribution is -2.19. The molecule has 146 valence electrons. The Hall–Kier alpha value is -3.36. The van der Waals surface area contributed by atoms with Crippen molar-refractivity contribution >= 4 is 17.4 Å². The highest BCUT2D eigenvalue weighted by Gasteiger charge is 2.17. The van der Waals surface area contributed by atoms with E-state index in [0.29, 0.717) is 36.7 Å². The number of hydrogen-bond acceptors (Lipinski definition) is 7. The van der Waals surface area contributed by atoms with Gasteiger partial charge in [0.25, 0.3) is 0 Å². The van der Waals surface area contributed by atoms with Crippen molar-refractivity contribution < 1.29 is 14.1 Å². The molecule has 1 amide bonds. The lowest BCUT2D eigenvalue weighted by Gasteiger charge is -2.17. The van der Waals surface area contributed by atoms with E-state index in [2.05, 4.69) is 25.9 Å². The second-order valence-corrected chi connectivity index (χ2v) is 6.52. The SMILES string of the molecule is COc1ccccc1-c1noc(CCCC(=O)Nc2cnn3c2NCCC3)n1. The Balaban J connectivity index is 1.30. The molecule has 9 nitrogen and oxygen atoms in total. The Morgan fingerprint density at radius 3 is 3.18 bits per heavy atom. The number of nitrogens with zero attached hydrogens (tertiary/aromatic N) is 4. The van der Waals surface area contributed by atoms with Gasteiger partial charge in [0.1, 0.15) is 17.3 Å². The second kappa shape index (κ2) is 8.12. The van der Waals surface area contributed by atoms with E-state index in [1.807, 2.05) is 28.9 Å². The van der Waals surface area contributed by atoms with Crippen LogP contribution in [0, 0.1) is 0 Å². The summed E-state index contributed by atoms with van der Waals surface area (Å²) < 4.78 is 12.5. The number of benzene rings is 1. The third-order valence-corrected chi connectivity index (χ3v) is 4.56. The first kappa shape index (κ1) is 18.0. The average molecular weight is 382 g/mol. The van der Waals surface area contributed by atoms with Crippen LogP contribution in [-0.2, 0) is 17.8 Å². The van der Waals surface area contributed by atoms with E-state index in [1.165, 1.54) is 0 Å². The highest BCUT2D eigenvalue weighted by Crippen LogP contribution is 2.27. The monoisotopic (exact) mass is 382 g/mol. The van der Waals surface area contributed by atoms with E-state index in [0.717, 1.165) is 36.6 Å². The second-order valence-electron chi connectivity index (χ2n) is 6.52. The van der Waals surface area contributed by atoms with Crippen LogP contribution in [0.3, 0.4) is 0 Å². The lowest BCUT2D eigenvalue weighted by atomic mass is 10.2. The Morgan fingerprint density at radius 2 is 2.29 bits per heavy atom. The van der Waals surface area contributed by atoms with Crippen LogP contribution < -0.4 is 15.4 Å². The van der Waals surface area contributed by atoms with Crippen LogP contribution in [0.5, 0.6) is 5.75 Å². The predicted octanol–water partition coefficient (Wildman–Crippen LogP) is 2.72. The molecular weight excluding hydrogens is 360 g/mol. The van der Waals surface area contributed by atoms with Crippen molar-refractivity contribution in [2.24, 2.45) is 0 Å². The molecule has 28 heavy (non-hydrogen) atoms. The first-order valence-electron chi connectivity index (χ1n) is 9.30. The number of rotatable bonds is 7. The summed E-state index contributed by atoms with van der Waals surface area (Å²) in [5, 5.41) is 14.5. The van der Waals surface area contributed by atoms with Gasteiger partial charge in [-0.3, -0.25) is 4.79 Å². The molecular formula is C19H22N6O3. The first-order valence-corrected chi connectivity index (χ1v) is 9.30. The molecule has 0 bridgehead atoms. The normalized spacial score (nSPS) is 12.9. The number of carbonyl (C=O) groups excluding carboxylic acids is 1. The van der Waals surface area contributed by atoms with Crippen molar-refractivity contribution in [3.05, 3.63) is 36.4 Å². The number of hydrogen-bond donors (Lipinski definition) is 2. The van der Waals surface area contributed by atoms with Crippen molar-refractivity contribution in [2.75, 3.05) is 24.3 Å². The number of anilines is 2. The molecule has 2 aromatic heterocycles. The number of amides is 1. The van der Waals surface area contributed by atoms with Gasteiger partial charge >= 0.3 is 0 Å². The maximum Gasteiger partial charge on any atom is 0.226 e. The number of aromatic nitrogens is 4. The molecule has 1 aliphatic heterocycles. The van der Waals surface area contributed by atoms with Crippen molar-refractivity contribution in [1.82, 2.24) is 19.9 Å². The molecule has 3 aromatic rings. The van der Waals surface area contributed by atoms with Crippen LogP contribution in [0.1, 0.15) is 25.2 Å². The van der Waals surface area contributed by atoms with Crippen LogP contribution in [0.4, 0.5) is 11.5 Å². The lowest BCUT2D eigenvalue weighted by molar-refractivity contribution is -0.116. The summed E-state index contributed by atoms with van der Waals surface area (Å²) in [5.41, 5.74) is 1.50. The van der Waals surface area contributed by atoms with E-state index in [9.17, 15) is 4.79 Å². The number of nitrogens with one attached hydrogen (secondary N) is 2. The Kier molecular flexibility index (Phi) is 5.22. The molecule has 9 heteroatoms. The molecule has 0 spiro atoms. The zero-order valence-corrected chi connectivity index (χ0v) is 15.6. The fourth-order valence-electron chi connectivity index (χ4n) is 3.18. The van der Waals surface area contributed by atoms with Crippen LogP contribution in [0.2, 0.25) is 0 Å². The summed E-state index contributed by atoms with van der Waals surface area (Å²) >= 11 is 0. The Bertz CT molecular complexity index is 964. The average Bonchev–Trinajstić information content (AvgIpc) is 3.35. The standard InChI is InChI=1S/C19H22N6O3/c1-27-15-7-3-2-6-13(15)18-23-17(28-24-18)9-4-8-16(26)22-14-12-21-25-11-5-10-20-19(14)25/h2-3,6-7,12,20H,4-5,8-11H2,1H3,(H,22,26). The molecule has 0 aliphatic carbocycles. The minimum Gasteiger partial charge on any atom is -0.496 e. The van der Waals surface area contributed by atoms with E-state index < -0.39 is 0 Å². The minimum atomic E-state index is -0.0624. The van der Waals surface area contributed by atoms with Gasteiger partial charge in [0.05, 0.1) is 18.9 Å². The van der Waals surface area contributed by atoms with Crippen LogP contribution in [-0.4, -0.2) is 39.5 Å². The summed E-state index contributed by atoms with van der Waals surface area (Å²) in [6, 6.07) is 7.50. The van der Waals surface area contributed by atoms with Gasteiger partial charge in [0.15, 0.2) is 0 Å². The van der Waals surface area contributed by atoms with Gasteiger partial charge in [-0.25, -0.2) is 4.68 Å². The quantitative estimate of drug-likeness (QED) is 0.647. The molecule has 0 atom stereocenters. The van der Waals surface area contributed by atoms with Gasteiger partial charge in [0.2, 0.25) is 17.6 Å². The molecule has 0 fully saturated rings. The molecule has 0 saturated heterocycles. The molecule has 0 unspecified atom stereocenters.